The van der Waals surface area contributed by atoms with Crippen molar-refractivity contribution in [3.63, 3.8) is 0 Å². The molecule has 2 saturated heterocycles. The summed E-state index contributed by atoms with van der Waals surface area (Å²) >= 11 is 0. The largest absolute Gasteiger partial charge is 0.368 e. The molecule has 1 atom stereocenters. The zero-order chi connectivity index (χ0) is 16.4. The molecule has 6 nitrogen and oxygen atoms in total. The summed E-state index contributed by atoms with van der Waals surface area (Å²) in [5, 5.41) is 0. The van der Waals surface area contributed by atoms with Crippen molar-refractivity contribution < 1.29 is 9.53 Å². The van der Waals surface area contributed by atoms with E-state index in [-0.39, 0.29) is 12.0 Å². The van der Waals surface area contributed by atoms with Crippen molar-refractivity contribution in [1.29, 1.82) is 0 Å². The van der Waals surface area contributed by atoms with E-state index in [4.69, 9.17) is 4.74 Å². The SMILES string of the molecule is Cc1cc(N2CCC(N(C)C(=O)C3CCCO3)CC2)nc(C)n1. The van der Waals surface area contributed by atoms with Gasteiger partial charge in [-0.2, -0.15) is 0 Å². The van der Waals surface area contributed by atoms with Crippen LogP contribution in [0.1, 0.15) is 37.2 Å². The number of likely N-dealkylation sites (N-methyl/N-ethyl adjacent to an activating group) is 1. The second-order valence-corrected chi connectivity index (χ2v) is 6.58. The maximum absolute atomic E-state index is 12.5. The van der Waals surface area contributed by atoms with Gasteiger partial charge in [-0.05, 0) is 39.5 Å². The molecule has 3 heterocycles. The standard InChI is InChI=1S/C17H26N4O2/c1-12-11-16(19-13(2)18-12)21-8-6-14(7-9-21)20(3)17(22)15-5-4-10-23-15/h11,14-15H,4-10H2,1-3H3. The van der Waals surface area contributed by atoms with Crippen molar-refractivity contribution in [3.05, 3.63) is 17.6 Å². The summed E-state index contributed by atoms with van der Waals surface area (Å²) in [4.78, 5) is 25.5. The van der Waals surface area contributed by atoms with Crippen molar-refractivity contribution in [1.82, 2.24) is 14.9 Å². The molecule has 1 amide bonds. The molecule has 0 aromatic carbocycles. The van der Waals surface area contributed by atoms with Crippen LogP contribution in [0.2, 0.25) is 0 Å². The van der Waals surface area contributed by atoms with Crippen LogP contribution in [0.15, 0.2) is 6.07 Å². The van der Waals surface area contributed by atoms with Gasteiger partial charge >= 0.3 is 0 Å². The smallest absolute Gasteiger partial charge is 0.251 e. The molecule has 2 aliphatic rings. The van der Waals surface area contributed by atoms with Gasteiger partial charge in [0.15, 0.2) is 0 Å². The van der Waals surface area contributed by atoms with E-state index < -0.39 is 0 Å². The number of aromatic nitrogens is 2. The molecule has 23 heavy (non-hydrogen) atoms. The second-order valence-electron chi connectivity index (χ2n) is 6.58. The van der Waals surface area contributed by atoms with Gasteiger partial charge < -0.3 is 14.5 Å². The van der Waals surface area contributed by atoms with E-state index in [2.05, 4.69) is 14.9 Å². The van der Waals surface area contributed by atoms with Gasteiger partial charge in [-0.1, -0.05) is 0 Å². The van der Waals surface area contributed by atoms with Crippen molar-refractivity contribution in [2.24, 2.45) is 0 Å². The number of nitrogens with zero attached hydrogens (tertiary/aromatic N) is 4. The minimum absolute atomic E-state index is 0.148. The van der Waals surface area contributed by atoms with Crippen LogP contribution in [0.25, 0.3) is 0 Å². The third-order valence-electron chi connectivity index (χ3n) is 4.84. The Kier molecular flexibility index (Phi) is 4.80. The maximum atomic E-state index is 12.5. The minimum Gasteiger partial charge on any atom is -0.368 e. The fourth-order valence-electron chi connectivity index (χ4n) is 3.52. The van der Waals surface area contributed by atoms with Gasteiger partial charge in [0.2, 0.25) is 0 Å². The number of rotatable bonds is 3. The highest BCUT2D eigenvalue weighted by atomic mass is 16.5. The first-order valence-corrected chi connectivity index (χ1v) is 8.50. The lowest BCUT2D eigenvalue weighted by molar-refractivity contribution is -0.142. The molecule has 0 aliphatic carbocycles. The molecule has 0 saturated carbocycles. The molecule has 0 bridgehead atoms. The Morgan fingerprint density at radius 3 is 2.61 bits per heavy atom. The Hall–Kier alpha value is -1.69. The van der Waals surface area contributed by atoms with Crippen LogP contribution in [-0.4, -0.2) is 59.7 Å². The van der Waals surface area contributed by atoms with Crippen LogP contribution >= 0.6 is 0 Å². The second kappa shape index (κ2) is 6.83. The predicted octanol–water partition coefficient (Wildman–Crippen LogP) is 1.70. The number of carbonyl (C=O) groups excluding carboxylic acids is 1. The Labute approximate surface area is 137 Å². The molecule has 0 spiro atoms. The van der Waals surface area contributed by atoms with Gasteiger partial charge in [-0.15, -0.1) is 0 Å². The summed E-state index contributed by atoms with van der Waals surface area (Å²) in [7, 11) is 1.92. The van der Waals surface area contributed by atoms with Crippen LogP contribution in [0.5, 0.6) is 0 Å². The number of anilines is 1. The van der Waals surface area contributed by atoms with Gasteiger partial charge in [0.25, 0.3) is 5.91 Å². The van der Waals surface area contributed by atoms with Crippen molar-refractivity contribution in [2.45, 2.75) is 51.7 Å². The van der Waals surface area contributed by atoms with Crippen LogP contribution in [-0.2, 0) is 9.53 Å². The first-order valence-electron chi connectivity index (χ1n) is 8.50. The van der Waals surface area contributed by atoms with E-state index in [1.807, 2.05) is 31.9 Å². The normalized spacial score (nSPS) is 22.4. The monoisotopic (exact) mass is 318 g/mol. The molecule has 0 N–H and O–H groups in total. The number of hydrogen-bond acceptors (Lipinski definition) is 5. The van der Waals surface area contributed by atoms with E-state index in [0.29, 0.717) is 6.04 Å². The number of aryl methyl sites for hydroxylation is 2. The van der Waals surface area contributed by atoms with Crippen molar-refractivity contribution >= 4 is 11.7 Å². The third kappa shape index (κ3) is 3.63. The summed E-state index contributed by atoms with van der Waals surface area (Å²) in [6, 6.07) is 2.33. The van der Waals surface area contributed by atoms with Gasteiger partial charge in [0.1, 0.15) is 17.7 Å². The number of ether oxygens (including phenoxy) is 1. The van der Waals surface area contributed by atoms with E-state index in [1.165, 1.54) is 0 Å². The molecular weight excluding hydrogens is 292 g/mol. The van der Waals surface area contributed by atoms with Gasteiger partial charge in [-0.25, -0.2) is 9.97 Å². The minimum atomic E-state index is -0.217. The highest BCUT2D eigenvalue weighted by molar-refractivity contribution is 5.81. The topological polar surface area (TPSA) is 58.6 Å². The Morgan fingerprint density at radius 1 is 1.26 bits per heavy atom. The Bertz CT molecular complexity index is 543. The Morgan fingerprint density at radius 2 is 2.00 bits per heavy atom. The molecule has 3 rings (SSSR count). The van der Waals surface area contributed by atoms with E-state index >= 15 is 0 Å². The lowest BCUT2D eigenvalue weighted by Crippen LogP contribution is -2.48. The van der Waals surface area contributed by atoms with Crippen LogP contribution in [0.3, 0.4) is 0 Å². The average molecular weight is 318 g/mol. The molecule has 126 valence electrons. The first-order chi connectivity index (χ1) is 11.0. The molecule has 0 radical (unpaired) electrons. The molecule has 2 aliphatic heterocycles. The molecule has 1 aromatic heterocycles. The maximum Gasteiger partial charge on any atom is 0.251 e. The number of carbonyl (C=O) groups is 1. The fraction of sp³-hybridized carbons (Fsp3) is 0.706. The molecule has 1 aromatic rings. The van der Waals surface area contributed by atoms with E-state index in [9.17, 15) is 4.79 Å². The van der Waals surface area contributed by atoms with Gasteiger partial charge in [0.05, 0.1) is 0 Å². The molecular formula is C17H26N4O2. The highest BCUT2D eigenvalue weighted by Crippen LogP contribution is 2.23. The molecule has 1 unspecified atom stereocenters. The summed E-state index contributed by atoms with van der Waals surface area (Å²) in [6.07, 6.45) is 3.58. The fourth-order valence-corrected chi connectivity index (χ4v) is 3.52. The van der Waals surface area contributed by atoms with Crippen LogP contribution < -0.4 is 4.90 Å². The van der Waals surface area contributed by atoms with Gasteiger partial charge in [-0.3, -0.25) is 4.79 Å². The predicted molar refractivity (Wildman–Crippen MR) is 88.5 cm³/mol. The first kappa shape index (κ1) is 16.2. The molecule has 6 heteroatoms. The van der Waals surface area contributed by atoms with E-state index in [1.54, 1.807) is 0 Å². The van der Waals surface area contributed by atoms with Crippen LogP contribution in [0, 0.1) is 13.8 Å². The summed E-state index contributed by atoms with van der Waals surface area (Å²) < 4.78 is 5.52. The number of hydrogen-bond donors (Lipinski definition) is 0. The van der Waals surface area contributed by atoms with Crippen molar-refractivity contribution in [3.8, 4) is 0 Å². The summed E-state index contributed by atoms with van der Waals surface area (Å²) in [5.74, 6) is 1.96. The zero-order valence-corrected chi connectivity index (χ0v) is 14.3. The molecule has 2 fully saturated rings. The Balaban J connectivity index is 1.58. The number of amides is 1. The zero-order valence-electron chi connectivity index (χ0n) is 14.3. The lowest BCUT2D eigenvalue weighted by Gasteiger charge is -2.38. The highest BCUT2D eigenvalue weighted by Gasteiger charge is 2.32. The number of piperidine rings is 1. The van der Waals surface area contributed by atoms with Crippen molar-refractivity contribution in [2.75, 3.05) is 31.6 Å². The average Bonchev–Trinajstić information content (AvgIpc) is 3.07. The third-order valence-corrected chi connectivity index (χ3v) is 4.84. The van der Waals surface area contributed by atoms with E-state index in [0.717, 1.165) is 62.7 Å². The summed E-state index contributed by atoms with van der Waals surface area (Å²) in [5.41, 5.74) is 1.00. The lowest BCUT2D eigenvalue weighted by atomic mass is 10.0. The van der Waals surface area contributed by atoms with Crippen LogP contribution in [0.4, 0.5) is 5.82 Å². The van der Waals surface area contributed by atoms with Gasteiger partial charge in [0, 0.05) is 44.5 Å². The quantitative estimate of drug-likeness (QED) is 0.849. The summed E-state index contributed by atoms with van der Waals surface area (Å²) in [6.45, 7) is 6.48.